The molecule has 86 valence electrons. The molecule has 1 saturated heterocycles. The first kappa shape index (κ1) is 11.0. The van der Waals surface area contributed by atoms with Gasteiger partial charge < -0.3 is 10.6 Å². The van der Waals surface area contributed by atoms with Crippen molar-refractivity contribution in [1.82, 2.24) is 4.90 Å². The Labute approximate surface area is 96.2 Å². The number of hydrogen-bond donors (Lipinski definition) is 1. The summed E-state index contributed by atoms with van der Waals surface area (Å²) >= 11 is 0. The van der Waals surface area contributed by atoms with Crippen molar-refractivity contribution in [2.45, 2.75) is 20.3 Å². The Morgan fingerprint density at radius 3 is 2.88 bits per heavy atom. The number of carbonyl (C=O) groups is 1. The fourth-order valence-electron chi connectivity index (χ4n) is 2.16. The zero-order valence-corrected chi connectivity index (χ0v) is 9.86. The molecule has 1 amide bonds. The molecule has 1 atom stereocenters. The van der Waals surface area contributed by atoms with Gasteiger partial charge in [-0.1, -0.05) is 13.0 Å². The Balaban J connectivity index is 2.23. The van der Waals surface area contributed by atoms with Gasteiger partial charge in [0, 0.05) is 24.3 Å². The predicted molar refractivity (Wildman–Crippen MR) is 65.3 cm³/mol. The number of carbonyl (C=O) groups excluding carboxylic acids is 1. The molecule has 0 spiro atoms. The maximum Gasteiger partial charge on any atom is 0.254 e. The molecule has 0 aliphatic carbocycles. The number of benzene rings is 1. The van der Waals surface area contributed by atoms with Crippen LogP contribution in [-0.2, 0) is 0 Å². The Bertz CT molecular complexity index is 414. The molecule has 3 heteroatoms. The van der Waals surface area contributed by atoms with Crippen LogP contribution in [0.5, 0.6) is 0 Å². The summed E-state index contributed by atoms with van der Waals surface area (Å²) in [6, 6.07) is 5.52. The molecule has 1 aliphatic heterocycles. The van der Waals surface area contributed by atoms with E-state index in [-0.39, 0.29) is 5.91 Å². The number of aryl methyl sites for hydroxylation is 1. The Kier molecular flexibility index (Phi) is 2.86. The van der Waals surface area contributed by atoms with Crippen LogP contribution in [0.4, 0.5) is 5.69 Å². The highest BCUT2D eigenvalue weighted by Gasteiger charge is 2.24. The molecular formula is C13H18N2O. The zero-order valence-electron chi connectivity index (χ0n) is 9.86. The van der Waals surface area contributed by atoms with Crippen LogP contribution in [0.1, 0.15) is 29.3 Å². The third-order valence-electron chi connectivity index (χ3n) is 3.20. The van der Waals surface area contributed by atoms with E-state index in [1.165, 1.54) is 0 Å². The number of rotatable bonds is 1. The molecule has 1 fully saturated rings. The molecule has 16 heavy (non-hydrogen) atoms. The number of nitrogens with two attached hydrogens (primary N) is 1. The van der Waals surface area contributed by atoms with Crippen molar-refractivity contribution < 1.29 is 4.79 Å². The summed E-state index contributed by atoms with van der Waals surface area (Å²) in [7, 11) is 0. The van der Waals surface area contributed by atoms with E-state index in [2.05, 4.69) is 6.92 Å². The van der Waals surface area contributed by atoms with Gasteiger partial charge in [0.15, 0.2) is 0 Å². The molecule has 0 aromatic heterocycles. The fraction of sp³-hybridized carbons (Fsp3) is 0.462. The van der Waals surface area contributed by atoms with Crippen LogP contribution in [0.25, 0.3) is 0 Å². The number of hydrogen-bond acceptors (Lipinski definition) is 2. The molecule has 1 heterocycles. The highest BCUT2D eigenvalue weighted by molar-refractivity contribution is 5.96. The Morgan fingerprint density at radius 2 is 2.25 bits per heavy atom. The van der Waals surface area contributed by atoms with Crippen molar-refractivity contribution in [2.24, 2.45) is 5.92 Å². The Hall–Kier alpha value is -1.51. The van der Waals surface area contributed by atoms with E-state index < -0.39 is 0 Å². The van der Waals surface area contributed by atoms with Gasteiger partial charge in [0.05, 0.1) is 0 Å². The predicted octanol–water partition coefficient (Wildman–Crippen LogP) is 2.06. The van der Waals surface area contributed by atoms with Crippen LogP contribution in [0.2, 0.25) is 0 Å². The molecule has 0 saturated carbocycles. The van der Waals surface area contributed by atoms with Crippen LogP contribution >= 0.6 is 0 Å². The second kappa shape index (κ2) is 4.16. The summed E-state index contributed by atoms with van der Waals surface area (Å²) < 4.78 is 0. The molecular weight excluding hydrogens is 200 g/mol. The quantitative estimate of drug-likeness (QED) is 0.733. The highest BCUT2D eigenvalue weighted by atomic mass is 16.2. The van der Waals surface area contributed by atoms with Crippen LogP contribution in [0.15, 0.2) is 18.2 Å². The summed E-state index contributed by atoms with van der Waals surface area (Å²) in [5.41, 5.74) is 8.12. The molecule has 2 N–H and O–H groups in total. The first-order chi connectivity index (χ1) is 7.58. The van der Waals surface area contributed by atoms with Crippen molar-refractivity contribution in [3.8, 4) is 0 Å². The molecule has 1 aromatic carbocycles. The van der Waals surface area contributed by atoms with Crippen molar-refractivity contribution in [3.63, 3.8) is 0 Å². The molecule has 0 bridgehead atoms. The summed E-state index contributed by atoms with van der Waals surface area (Å²) in [6.07, 6.45) is 1.10. The van der Waals surface area contributed by atoms with Crippen molar-refractivity contribution in [3.05, 3.63) is 29.3 Å². The van der Waals surface area contributed by atoms with Gasteiger partial charge in [0.25, 0.3) is 5.91 Å². The van der Waals surface area contributed by atoms with E-state index in [9.17, 15) is 4.79 Å². The number of amides is 1. The lowest BCUT2D eigenvalue weighted by molar-refractivity contribution is 0.0787. The van der Waals surface area contributed by atoms with Crippen molar-refractivity contribution in [1.29, 1.82) is 0 Å². The largest absolute Gasteiger partial charge is 0.399 e. The van der Waals surface area contributed by atoms with Gasteiger partial charge >= 0.3 is 0 Å². The molecule has 1 aliphatic rings. The summed E-state index contributed by atoms with van der Waals surface area (Å²) in [4.78, 5) is 14.2. The van der Waals surface area contributed by atoms with Gasteiger partial charge in [0.1, 0.15) is 0 Å². The minimum Gasteiger partial charge on any atom is -0.399 e. The van der Waals surface area contributed by atoms with Gasteiger partial charge in [-0.05, 0) is 37.0 Å². The molecule has 1 aromatic rings. The number of nitrogen functional groups attached to an aromatic ring is 1. The topological polar surface area (TPSA) is 46.3 Å². The lowest BCUT2D eigenvalue weighted by Crippen LogP contribution is -2.29. The summed E-state index contributed by atoms with van der Waals surface area (Å²) in [5, 5.41) is 0. The van der Waals surface area contributed by atoms with Gasteiger partial charge in [0.2, 0.25) is 0 Å². The summed E-state index contributed by atoms with van der Waals surface area (Å²) in [5.74, 6) is 0.736. The molecule has 2 rings (SSSR count). The van der Waals surface area contributed by atoms with Crippen molar-refractivity contribution in [2.75, 3.05) is 18.8 Å². The monoisotopic (exact) mass is 218 g/mol. The maximum absolute atomic E-state index is 12.2. The van der Waals surface area contributed by atoms with E-state index in [0.717, 1.165) is 30.6 Å². The molecule has 1 unspecified atom stereocenters. The van der Waals surface area contributed by atoms with E-state index >= 15 is 0 Å². The van der Waals surface area contributed by atoms with Gasteiger partial charge in [-0.2, -0.15) is 0 Å². The van der Waals surface area contributed by atoms with Gasteiger partial charge in [-0.15, -0.1) is 0 Å². The highest BCUT2D eigenvalue weighted by Crippen LogP contribution is 2.20. The average molecular weight is 218 g/mol. The Morgan fingerprint density at radius 1 is 1.50 bits per heavy atom. The standard InChI is InChI=1S/C13H18N2O/c1-9-5-6-15(8-9)13(16)12-7-11(14)4-3-10(12)2/h3-4,7,9H,5-6,8,14H2,1-2H3. The third kappa shape index (κ3) is 2.03. The lowest BCUT2D eigenvalue weighted by atomic mass is 10.1. The van der Waals surface area contributed by atoms with Crippen LogP contribution in [-0.4, -0.2) is 23.9 Å². The molecule has 0 radical (unpaired) electrons. The minimum absolute atomic E-state index is 0.120. The van der Waals surface area contributed by atoms with E-state index in [4.69, 9.17) is 5.73 Å². The van der Waals surface area contributed by atoms with Crippen LogP contribution in [0.3, 0.4) is 0 Å². The van der Waals surface area contributed by atoms with Crippen LogP contribution in [0, 0.1) is 12.8 Å². The maximum atomic E-state index is 12.2. The normalized spacial score (nSPS) is 20.1. The SMILES string of the molecule is Cc1ccc(N)cc1C(=O)N1CCC(C)C1. The van der Waals surface area contributed by atoms with E-state index in [1.54, 1.807) is 6.07 Å². The number of likely N-dealkylation sites (tertiary alicyclic amines) is 1. The zero-order chi connectivity index (χ0) is 11.7. The summed E-state index contributed by atoms with van der Waals surface area (Å²) in [6.45, 7) is 5.87. The average Bonchev–Trinajstić information content (AvgIpc) is 2.67. The van der Waals surface area contributed by atoms with E-state index in [0.29, 0.717) is 11.6 Å². The first-order valence-corrected chi connectivity index (χ1v) is 5.73. The minimum atomic E-state index is 0.120. The second-order valence-electron chi connectivity index (χ2n) is 4.72. The lowest BCUT2D eigenvalue weighted by Gasteiger charge is -2.17. The third-order valence-corrected chi connectivity index (χ3v) is 3.20. The first-order valence-electron chi connectivity index (χ1n) is 5.73. The number of anilines is 1. The fourth-order valence-corrected chi connectivity index (χ4v) is 2.16. The second-order valence-corrected chi connectivity index (χ2v) is 4.72. The van der Waals surface area contributed by atoms with Crippen molar-refractivity contribution >= 4 is 11.6 Å². The van der Waals surface area contributed by atoms with Gasteiger partial charge in [-0.25, -0.2) is 0 Å². The van der Waals surface area contributed by atoms with E-state index in [1.807, 2.05) is 24.0 Å². The van der Waals surface area contributed by atoms with Gasteiger partial charge in [-0.3, -0.25) is 4.79 Å². The van der Waals surface area contributed by atoms with Crippen LogP contribution < -0.4 is 5.73 Å². The smallest absolute Gasteiger partial charge is 0.254 e. The molecule has 3 nitrogen and oxygen atoms in total. The number of nitrogens with zero attached hydrogens (tertiary/aromatic N) is 1.